The van der Waals surface area contributed by atoms with Crippen molar-refractivity contribution in [3.63, 3.8) is 0 Å². The lowest BCUT2D eigenvalue weighted by Gasteiger charge is -2.35. The minimum absolute atomic E-state index is 0.144. The maximum Gasteiger partial charge on any atom is 0.135 e. The molecule has 2 aromatic rings. The number of rotatable bonds is 3. The fraction of sp³-hybridized carbons (Fsp3) is 0.0385. The van der Waals surface area contributed by atoms with Crippen LogP contribution in [-0.4, -0.2) is 52.9 Å². The van der Waals surface area contributed by atoms with Crippen molar-refractivity contribution in [2.45, 2.75) is 5.66 Å². The maximum absolute atomic E-state index is 13.0. The highest BCUT2D eigenvalue weighted by Gasteiger charge is 2.48. The Hall–Kier alpha value is -5.14. The van der Waals surface area contributed by atoms with E-state index in [-0.39, 0.29) is 15.8 Å². The molecule has 1 saturated carbocycles. The summed E-state index contributed by atoms with van der Waals surface area (Å²) < 4.78 is 0. The molecule has 0 aromatic heterocycles. The summed E-state index contributed by atoms with van der Waals surface area (Å²) in [5.74, 6) is 10.1. The number of hydrogen-bond acceptors (Lipinski definition) is 8. The van der Waals surface area contributed by atoms with E-state index in [4.69, 9.17) is 0 Å². The first-order valence-corrected chi connectivity index (χ1v) is 11.4. The topological polar surface area (TPSA) is 137 Å². The second-order valence-electron chi connectivity index (χ2n) is 6.92. The first kappa shape index (κ1) is 24.5. The van der Waals surface area contributed by atoms with Crippen LogP contribution in [0.1, 0.15) is 0 Å². The van der Waals surface area contributed by atoms with Crippen LogP contribution in [0.5, 0.6) is 0 Å². The smallest absolute Gasteiger partial charge is 0.135 e. The molecule has 1 fully saturated rings. The van der Waals surface area contributed by atoms with Crippen molar-refractivity contribution in [1.29, 1.82) is 0 Å². The van der Waals surface area contributed by atoms with Gasteiger partial charge in [-0.1, -0.05) is 42.5 Å². The molecule has 3 rings (SSSR count). The van der Waals surface area contributed by atoms with Crippen molar-refractivity contribution in [1.82, 2.24) is 0 Å². The zero-order valence-electron chi connectivity index (χ0n) is 17.4. The van der Waals surface area contributed by atoms with Gasteiger partial charge in [0, 0.05) is 12.2 Å². The van der Waals surface area contributed by atoms with Crippen LogP contribution in [0.25, 0.3) is 0 Å². The Labute approximate surface area is 195 Å². The van der Waals surface area contributed by atoms with Gasteiger partial charge in [0.15, 0.2) is 0 Å². The molecule has 0 N–H and O–H groups in total. The molecule has 0 radical (unpaired) electrons. The fourth-order valence-corrected chi connectivity index (χ4v) is 7.78. The normalized spacial score (nSPS) is 16.2. The van der Waals surface area contributed by atoms with E-state index in [0.29, 0.717) is 0 Å². The minimum atomic E-state index is -4.02. The lowest BCUT2D eigenvalue weighted by atomic mass is 9.81. The quantitative estimate of drug-likeness (QED) is 0.360. The van der Waals surface area contributed by atoms with Crippen molar-refractivity contribution in [2.24, 2.45) is 0 Å². The van der Waals surface area contributed by atoms with Crippen molar-refractivity contribution in [3.05, 3.63) is 86.8 Å². The zero-order chi connectivity index (χ0) is 25.6. The molecular weight excluding hydrogens is 471 g/mol. The second kappa shape index (κ2) is 10.2. The van der Waals surface area contributed by atoms with Crippen LogP contribution >= 0.6 is 6.89 Å². The largest absolute Gasteiger partial charge is 0.234 e. The van der Waals surface area contributed by atoms with E-state index in [1.165, 1.54) is 72.2 Å². The summed E-state index contributed by atoms with van der Waals surface area (Å²) in [5.41, 5.74) is -3.55. The van der Waals surface area contributed by atoms with Gasteiger partial charge in [-0.3, -0.25) is 0 Å². The summed E-state index contributed by atoms with van der Waals surface area (Å²) in [6.07, 6.45) is 0. The third-order valence-corrected chi connectivity index (χ3v) is 9.27. The maximum atomic E-state index is 13.0. The molecule has 0 bridgehead atoms. The van der Waals surface area contributed by atoms with Crippen LogP contribution in [0.2, 0.25) is 0 Å². The summed E-state index contributed by atoms with van der Waals surface area (Å²) in [4.78, 5) is 95.9. The van der Waals surface area contributed by atoms with Gasteiger partial charge in [-0.15, -0.1) is 0 Å². The van der Waals surface area contributed by atoms with Gasteiger partial charge in [-0.2, -0.15) is 0 Å². The SMILES string of the molecule is O=C=C1C(=C=O)C(=C=O)C(P(=C=O)(c2ccccc2)c2cccc(=C=O)c2=C=O)C(=C=O)C1=C=O. The van der Waals surface area contributed by atoms with Crippen LogP contribution in [-0.2, 0) is 38.4 Å². The average molecular weight is 480 g/mol. The summed E-state index contributed by atoms with van der Waals surface area (Å²) in [7, 11) is 0. The summed E-state index contributed by atoms with van der Waals surface area (Å²) in [6, 6.07) is 11.4. The van der Waals surface area contributed by atoms with Crippen molar-refractivity contribution in [2.75, 3.05) is 0 Å². The molecule has 2 aromatic carbocycles. The van der Waals surface area contributed by atoms with Crippen LogP contribution in [0.15, 0.2) is 76.4 Å². The minimum Gasteiger partial charge on any atom is -0.234 e. The summed E-state index contributed by atoms with van der Waals surface area (Å²) in [6.45, 7) is -4.02. The fourth-order valence-electron chi connectivity index (χ4n) is 4.00. The standard InChI is InChI=1S/C26H9O8P/c27-9-17-5-4-8-25(19(17)10-28)35(16-34,18-6-2-1-3-7-18)26-23(14-32)21(12-30)20(11-29)22(13-31)24(26)15-33/h1-8,26H. The molecule has 8 nitrogen and oxygen atoms in total. The predicted octanol–water partition coefficient (Wildman–Crippen LogP) is -2.10. The highest BCUT2D eigenvalue weighted by Crippen LogP contribution is 2.57. The first-order chi connectivity index (χ1) is 17.0. The molecule has 0 spiro atoms. The van der Waals surface area contributed by atoms with Crippen LogP contribution in [0.4, 0.5) is 0 Å². The van der Waals surface area contributed by atoms with Gasteiger partial charge in [0.1, 0.15) is 47.3 Å². The van der Waals surface area contributed by atoms with Gasteiger partial charge >= 0.3 is 0 Å². The third kappa shape index (κ3) is 3.62. The molecule has 0 saturated heterocycles. The highest BCUT2D eigenvalue weighted by molar-refractivity contribution is 7.88. The third-order valence-electron chi connectivity index (χ3n) is 5.44. The van der Waals surface area contributed by atoms with E-state index < -0.39 is 45.6 Å². The predicted molar refractivity (Wildman–Crippen MR) is 123 cm³/mol. The molecule has 166 valence electrons. The number of hydrogen-bond donors (Lipinski definition) is 0. The van der Waals surface area contributed by atoms with Crippen LogP contribution < -0.4 is 21.0 Å². The molecule has 35 heavy (non-hydrogen) atoms. The molecule has 0 heterocycles. The molecule has 0 amide bonds. The molecular formula is C26H9O8P. The molecule has 1 aliphatic rings. The Morgan fingerprint density at radius 1 is 0.543 bits per heavy atom. The highest BCUT2D eigenvalue weighted by atomic mass is 31.2. The van der Waals surface area contributed by atoms with Crippen molar-refractivity contribution < 1.29 is 38.4 Å². The Bertz CT molecular complexity index is 1730. The van der Waals surface area contributed by atoms with Gasteiger partial charge < -0.3 is 0 Å². The first-order valence-electron chi connectivity index (χ1n) is 9.54. The van der Waals surface area contributed by atoms with Crippen molar-refractivity contribution in [3.8, 4) is 0 Å². The molecule has 0 aliphatic heterocycles. The number of allylic oxidation sites excluding steroid dienone is 5. The average Bonchev–Trinajstić information content (AvgIpc) is 2.92. The lowest BCUT2D eigenvalue weighted by molar-refractivity contribution is 0.558. The van der Waals surface area contributed by atoms with Gasteiger partial charge in [0.2, 0.25) is 0 Å². The van der Waals surface area contributed by atoms with E-state index in [1.54, 1.807) is 17.9 Å². The van der Waals surface area contributed by atoms with Gasteiger partial charge in [0.25, 0.3) is 0 Å². The number of carbonyl (C=O) groups excluding carboxylic acids is 8. The monoisotopic (exact) mass is 480 g/mol. The van der Waals surface area contributed by atoms with E-state index >= 15 is 0 Å². The Balaban J connectivity index is 2.77. The second-order valence-corrected chi connectivity index (χ2v) is 10.1. The molecule has 9 heteroatoms. The Morgan fingerprint density at radius 2 is 1.11 bits per heavy atom. The molecule has 1 unspecified atom stereocenters. The summed E-state index contributed by atoms with van der Waals surface area (Å²) >= 11 is 0. The zero-order valence-corrected chi connectivity index (χ0v) is 18.3. The molecule has 1 atom stereocenters. The van der Waals surface area contributed by atoms with E-state index in [0.717, 1.165) is 0 Å². The summed E-state index contributed by atoms with van der Waals surface area (Å²) in [5, 5.41) is -0.672. The van der Waals surface area contributed by atoms with Crippen LogP contribution in [0, 0.1) is 0 Å². The van der Waals surface area contributed by atoms with Gasteiger partial charge in [-0.25, -0.2) is 38.4 Å². The van der Waals surface area contributed by atoms with Crippen molar-refractivity contribution >= 4 is 64.7 Å². The van der Waals surface area contributed by atoms with Gasteiger partial charge in [0.05, 0.1) is 44.0 Å². The van der Waals surface area contributed by atoms with Gasteiger partial charge in [-0.05, 0) is 11.4 Å². The van der Waals surface area contributed by atoms with Crippen LogP contribution in [0.3, 0.4) is 0 Å². The lowest BCUT2D eigenvalue weighted by Crippen LogP contribution is -2.46. The van der Waals surface area contributed by atoms with E-state index in [9.17, 15) is 38.4 Å². The van der Waals surface area contributed by atoms with E-state index in [2.05, 4.69) is 0 Å². The van der Waals surface area contributed by atoms with E-state index in [1.807, 2.05) is 5.66 Å². The molecule has 1 aliphatic carbocycles. The Morgan fingerprint density at radius 3 is 1.54 bits per heavy atom. The Kier molecular flexibility index (Phi) is 7.14. The number of benzene rings is 2.